The minimum atomic E-state index is -2.37. The number of fused-ring (bicyclic) bond motifs is 3. The number of amides is 1. The topological polar surface area (TPSA) is 209 Å². The van der Waals surface area contributed by atoms with Crippen LogP contribution in [0.1, 0.15) is 37.5 Å². The molecule has 1 fully saturated rings. The van der Waals surface area contributed by atoms with E-state index in [1.165, 1.54) is 6.07 Å². The summed E-state index contributed by atoms with van der Waals surface area (Å²) in [6.07, 6.45) is -1.12. The number of nitrogens with one attached hydrogen (secondary N) is 2. The zero-order chi connectivity index (χ0) is 33.5. The Bertz CT molecular complexity index is 1800. The molecule has 14 heteroatoms. The molecule has 7 atom stereocenters. The SMILES string of the molecule is Cc1cc(=O)c2cc3c(cc2o1)OC(C)(CCC1CNC(=O)C1)C(OOCC(O)C(O)(Cn1ccc2[nH]ccc21)C(O)C(O)CO)C3. The van der Waals surface area contributed by atoms with Gasteiger partial charge in [0.15, 0.2) is 5.43 Å². The van der Waals surface area contributed by atoms with Crippen LogP contribution in [0, 0.1) is 12.8 Å². The fourth-order valence-corrected chi connectivity index (χ4v) is 6.62. The second-order valence-corrected chi connectivity index (χ2v) is 13.0. The molecule has 7 N–H and O–H groups in total. The van der Waals surface area contributed by atoms with Crippen LogP contribution in [0.5, 0.6) is 5.75 Å². The van der Waals surface area contributed by atoms with Crippen molar-refractivity contribution in [2.45, 2.75) is 81.7 Å². The first kappa shape index (κ1) is 33.2. The Morgan fingerprint density at radius 3 is 2.72 bits per heavy atom. The molecule has 2 aliphatic rings. The first-order valence-corrected chi connectivity index (χ1v) is 15.7. The Morgan fingerprint density at radius 1 is 1.17 bits per heavy atom. The number of aromatic nitrogens is 2. The highest BCUT2D eigenvalue weighted by Gasteiger charge is 2.48. The smallest absolute Gasteiger partial charge is 0.220 e. The third-order valence-electron chi connectivity index (χ3n) is 9.53. The van der Waals surface area contributed by atoms with Gasteiger partial charge in [-0.05, 0) is 56.4 Å². The maximum absolute atomic E-state index is 12.7. The summed E-state index contributed by atoms with van der Waals surface area (Å²) >= 11 is 0. The van der Waals surface area contributed by atoms with Gasteiger partial charge in [0.05, 0.1) is 29.6 Å². The number of hydrogen-bond acceptors (Lipinski definition) is 11. The molecule has 1 saturated heterocycles. The quantitative estimate of drug-likeness (QED) is 0.0792. The van der Waals surface area contributed by atoms with Crippen molar-refractivity contribution in [3.05, 3.63) is 64.3 Å². The van der Waals surface area contributed by atoms with Gasteiger partial charge >= 0.3 is 0 Å². The number of H-pyrrole nitrogens is 1. The number of aliphatic hydroxyl groups is 5. The first-order chi connectivity index (χ1) is 22.4. The van der Waals surface area contributed by atoms with Gasteiger partial charge < -0.3 is 49.6 Å². The lowest BCUT2D eigenvalue weighted by atomic mass is 9.83. The standard InChI is InChI=1S/C33H41N3O11/c1-18-9-24(38)21-11-20-12-29(32(2,46-26(20)13-27(21)45-18)6-3-19-10-30(41)35-14-19)47-44-16-28(40)33(43,31(42)25(39)15-37)17-36-8-5-22-23(36)4-7-34-22/h4-5,7-9,11,13,19,25,28-29,31,34,37,39-40,42-43H,3,6,10,12,14-17H2,1-2H3,(H,35,41). The number of aromatic amines is 1. The summed E-state index contributed by atoms with van der Waals surface area (Å²) in [5.41, 5.74) is -1.03. The Morgan fingerprint density at radius 2 is 1.98 bits per heavy atom. The predicted molar refractivity (Wildman–Crippen MR) is 167 cm³/mol. The Labute approximate surface area is 269 Å². The van der Waals surface area contributed by atoms with Crippen molar-refractivity contribution in [2.75, 3.05) is 19.8 Å². The average molecular weight is 656 g/mol. The molecule has 0 aliphatic carbocycles. The van der Waals surface area contributed by atoms with E-state index in [-0.39, 0.29) is 30.2 Å². The number of aliphatic hydroxyl groups excluding tert-OH is 4. The third-order valence-corrected chi connectivity index (χ3v) is 9.53. The Kier molecular flexibility index (Phi) is 9.19. The highest BCUT2D eigenvalue weighted by Crippen LogP contribution is 2.40. The van der Waals surface area contributed by atoms with Crippen LogP contribution in [0.3, 0.4) is 0 Å². The molecule has 7 unspecified atom stereocenters. The molecule has 0 bridgehead atoms. The zero-order valence-electron chi connectivity index (χ0n) is 26.2. The molecule has 6 rings (SSSR count). The second kappa shape index (κ2) is 13.0. The van der Waals surface area contributed by atoms with Crippen molar-refractivity contribution in [1.29, 1.82) is 0 Å². The highest BCUT2D eigenvalue weighted by molar-refractivity contribution is 5.80. The van der Waals surface area contributed by atoms with E-state index in [0.29, 0.717) is 59.4 Å². The lowest BCUT2D eigenvalue weighted by Gasteiger charge is -2.42. The first-order valence-electron chi connectivity index (χ1n) is 15.7. The fourth-order valence-electron chi connectivity index (χ4n) is 6.62. The van der Waals surface area contributed by atoms with Crippen LogP contribution in [-0.2, 0) is 27.5 Å². The van der Waals surface area contributed by atoms with Gasteiger partial charge in [-0.15, -0.1) is 0 Å². The Hall–Kier alpha value is -3.76. The van der Waals surface area contributed by atoms with Crippen molar-refractivity contribution in [3.8, 4) is 5.75 Å². The van der Waals surface area contributed by atoms with Crippen molar-refractivity contribution in [1.82, 2.24) is 14.9 Å². The van der Waals surface area contributed by atoms with Crippen LogP contribution in [-0.4, -0.2) is 96.4 Å². The molecule has 2 aliphatic heterocycles. The summed E-state index contributed by atoms with van der Waals surface area (Å²) in [5.74, 6) is 1.10. The number of ether oxygens (including phenoxy) is 1. The van der Waals surface area contributed by atoms with E-state index >= 15 is 0 Å². The Balaban J connectivity index is 1.22. The van der Waals surface area contributed by atoms with Crippen LogP contribution in [0.4, 0.5) is 0 Å². The third kappa shape index (κ3) is 6.54. The van der Waals surface area contributed by atoms with Gasteiger partial charge in [0.25, 0.3) is 0 Å². The van der Waals surface area contributed by atoms with Crippen molar-refractivity contribution >= 4 is 27.9 Å². The van der Waals surface area contributed by atoms with Gasteiger partial charge in [-0.2, -0.15) is 0 Å². The molecule has 254 valence electrons. The molecule has 3 aromatic heterocycles. The molecule has 0 radical (unpaired) electrons. The second-order valence-electron chi connectivity index (χ2n) is 13.0. The van der Waals surface area contributed by atoms with E-state index in [9.17, 15) is 35.1 Å². The van der Waals surface area contributed by atoms with Gasteiger partial charge in [-0.25, -0.2) is 9.78 Å². The number of carbonyl (C=O) groups is 1. The van der Waals surface area contributed by atoms with Crippen LogP contribution < -0.4 is 15.5 Å². The molecule has 4 aromatic rings. The summed E-state index contributed by atoms with van der Waals surface area (Å²) in [5, 5.41) is 56.7. The van der Waals surface area contributed by atoms with E-state index in [2.05, 4.69) is 10.3 Å². The highest BCUT2D eigenvalue weighted by atomic mass is 17.2. The minimum absolute atomic E-state index is 0.00445. The normalized spacial score (nSPS) is 24.4. The maximum Gasteiger partial charge on any atom is 0.220 e. The monoisotopic (exact) mass is 655 g/mol. The largest absolute Gasteiger partial charge is 0.484 e. The molecule has 1 aromatic carbocycles. The van der Waals surface area contributed by atoms with Crippen molar-refractivity contribution < 1.29 is 49.3 Å². The molecule has 0 saturated carbocycles. The molecule has 14 nitrogen and oxygen atoms in total. The van der Waals surface area contributed by atoms with E-state index in [4.69, 9.17) is 18.9 Å². The number of nitrogens with zero attached hydrogens (tertiary/aromatic N) is 1. The van der Waals surface area contributed by atoms with E-state index in [1.807, 2.05) is 6.92 Å². The van der Waals surface area contributed by atoms with E-state index in [1.54, 1.807) is 48.1 Å². The zero-order valence-corrected chi connectivity index (χ0v) is 26.2. The lowest BCUT2D eigenvalue weighted by Crippen LogP contribution is -2.61. The van der Waals surface area contributed by atoms with E-state index < -0.39 is 48.8 Å². The number of benzene rings is 1. The minimum Gasteiger partial charge on any atom is -0.484 e. The molecule has 47 heavy (non-hydrogen) atoms. The summed E-state index contributed by atoms with van der Waals surface area (Å²) in [6, 6.07) is 8.31. The van der Waals surface area contributed by atoms with Crippen molar-refractivity contribution in [2.24, 2.45) is 5.92 Å². The van der Waals surface area contributed by atoms with Gasteiger partial charge in [0.1, 0.15) is 59.3 Å². The molecule has 1 amide bonds. The fraction of sp³-hybridized carbons (Fsp3) is 0.515. The van der Waals surface area contributed by atoms with E-state index in [0.717, 1.165) is 5.52 Å². The van der Waals surface area contributed by atoms with Crippen LogP contribution in [0.25, 0.3) is 22.0 Å². The number of hydrogen-bond donors (Lipinski definition) is 7. The average Bonchev–Trinajstić information content (AvgIpc) is 3.77. The van der Waals surface area contributed by atoms with Gasteiger partial charge in [-0.3, -0.25) is 9.59 Å². The summed E-state index contributed by atoms with van der Waals surface area (Å²) in [7, 11) is 0. The molecule has 5 heterocycles. The lowest BCUT2D eigenvalue weighted by molar-refractivity contribution is -0.365. The summed E-state index contributed by atoms with van der Waals surface area (Å²) in [4.78, 5) is 39.0. The predicted octanol–water partition coefficient (Wildman–Crippen LogP) is 0.817. The van der Waals surface area contributed by atoms with Gasteiger partial charge in [0, 0.05) is 43.9 Å². The molecular weight excluding hydrogens is 614 g/mol. The van der Waals surface area contributed by atoms with Crippen LogP contribution >= 0.6 is 0 Å². The summed E-state index contributed by atoms with van der Waals surface area (Å²) < 4.78 is 13.9. The van der Waals surface area contributed by atoms with Crippen LogP contribution in [0.2, 0.25) is 0 Å². The molecule has 0 spiro atoms. The maximum atomic E-state index is 12.7. The summed E-state index contributed by atoms with van der Waals surface area (Å²) in [6.45, 7) is 2.29. The molecular formula is C33H41N3O11. The number of rotatable bonds is 13. The van der Waals surface area contributed by atoms with Gasteiger partial charge in [-0.1, -0.05) is 0 Å². The van der Waals surface area contributed by atoms with Gasteiger partial charge in [0.2, 0.25) is 5.91 Å². The van der Waals surface area contributed by atoms with Crippen LogP contribution in [0.15, 0.2) is 51.9 Å². The number of carbonyl (C=O) groups excluding carboxylic acids is 1. The number of aryl methyl sites for hydroxylation is 1. The van der Waals surface area contributed by atoms with Crippen molar-refractivity contribution in [3.63, 3.8) is 0 Å².